The molecular formula is C31H38F3N5O4. The van der Waals surface area contributed by atoms with Crippen molar-refractivity contribution in [3.8, 4) is 0 Å². The van der Waals surface area contributed by atoms with Crippen LogP contribution in [0.2, 0.25) is 0 Å². The van der Waals surface area contributed by atoms with Crippen LogP contribution in [0.5, 0.6) is 0 Å². The predicted octanol–water partition coefficient (Wildman–Crippen LogP) is 4.24. The van der Waals surface area contributed by atoms with Gasteiger partial charge in [0.2, 0.25) is 11.8 Å². The number of amides is 3. The first-order valence-electron chi connectivity index (χ1n) is 14.4. The van der Waals surface area contributed by atoms with Crippen LogP contribution in [0.4, 0.5) is 13.2 Å². The van der Waals surface area contributed by atoms with Crippen molar-refractivity contribution in [1.82, 2.24) is 26.1 Å². The molecule has 3 amide bonds. The smallest absolute Gasteiger partial charge is 0.344 e. The van der Waals surface area contributed by atoms with Gasteiger partial charge in [-0.25, -0.2) is 5.43 Å². The monoisotopic (exact) mass is 601 g/mol. The number of Topliss-reactive ketones (excluding diaryl/α,β-unsaturated/α-hetero) is 1. The Hall–Kier alpha value is -3.80. The highest BCUT2D eigenvalue weighted by atomic mass is 19.4. The van der Waals surface area contributed by atoms with E-state index in [1.807, 2.05) is 13.8 Å². The Balaban J connectivity index is 1.77. The summed E-state index contributed by atoms with van der Waals surface area (Å²) in [5.74, 6) is -3.00. The normalized spacial score (nSPS) is 26.8. The number of carbonyl (C=O) groups excluding carboxylic acids is 4. The van der Waals surface area contributed by atoms with Crippen molar-refractivity contribution in [2.75, 3.05) is 6.54 Å². The topological polar surface area (TPSA) is 120 Å². The molecule has 1 fully saturated rings. The number of carbonyl (C=O) groups is 4. The maximum Gasteiger partial charge on any atom is 0.414 e. The SMILES string of the molecule is CC(C)[C@@H]1CC(=O)C(C)(C)/C=C/c2ccc3ccc(nc3c2)[C@@H](C(F)(F)F)NC(=O)[C@@H]2CCCN(N2)C(=O)[C@H](C)NC1=O. The lowest BCUT2D eigenvalue weighted by molar-refractivity contribution is -0.166. The number of pyridine rings is 1. The zero-order chi connectivity index (χ0) is 31.7. The standard InChI is InChI=1S/C31H38F3N5O4/c1-17(2)21-16-25(40)30(4,5)13-12-19-8-9-20-10-11-22(36-24(20)15-19)26(31(32,33)34)37-28(42)23-7-6-14-39(38-23)29(43)18(3)35-27(21)41/h8-13,15,17-18,21,23,26,38H,6-7,14,16H2,1-5H3,(H,35,41)(H,37,42)/b13-12+/t18-,21-,23-,26-/m0/s1. The van der Waals surface area contributed by atoms with E-state index in [0.717, 1.165) is 5.01 Å². The van der Waals surface area contributed by atoms with E-state index in [-0.39, 0.29) is 42.3 Å². The molecule has 43 heavy (non-hydrogen) atoms. The number of rotatable bonds is 1. The molecule has 5 bridgehead atoms. The van der Waals surface area contributed by atoms with Gasteiger partial charge in [0.15, 0.2) is 6.04 Å². The van der Waals surface area contributed by atoms with Crippen molar-refractivity contribution in [1.29, 1.82) is 0 Å². The van der Waals surface area contributed by atoms with Crippen LogP contribution in [0.15, 0.2) is 36.4 Å². The average molecular weight is 602 g/mol. The van der Waals surface area contributed by atoms with Crippen molar-refractivity contribution in [2.45, 2.75) is 78.2 Å². The molecule has 3 N–H and O–H groups in total. The summed E-state index contributed by atoms with van der Waals surface area (Å²) in [7, 11) is 0. The first kappa shape index (κ1) is 32.1. The van der Waals surface area contributed by atoms with Crippen LogP contribution < -0.4 is 16.1 Å². The van der Waals surface area contributed by atoms with Gasteiger partial charge in [-0.3, -0.25) is 29.2 Å². The maximum atomic E-state index is 14.2. The number of aromatic nitrogens is 1. The van der Waals surface area contributed by atoms with Crippen LogP contribution in [-0.4, -0.2) is 58.3 Å². The Morgan fingerprint density at radius 2 is 1.72 bits per heavy atom. The Labute approximate surface area is 248 Å². The number of ketones is 1. The van der Waals surface area contributed by atoms with Gasteiger partial charge in [0.1, 0.15) is 17.9 Å². The number of halogens is 3. The molecule has 0 radical (unpaired) electrons. The largest absolute Gasteiger partial charge is 0.414 e. The van der Waals surface area contributed by atoms with Gasteiger partial charge in [0, 0.05) is 29.7 Å². The highest BCUT2D eigenvalue weighted by Crippen LogP contribution is 2.33. The van der Waals surface area contributed by atoms with Gasteiger partial charge in [-0.2, -0.15) is 13.2 Å². The predicted molar refractivity (Wildman–Crippen MR) is 155 cm³/mol. The molecule has 0 saturated carbocycles. The molecule has 9 nitrogen and oxygen atoms in total. The summed E-state index contributed by atoms with van der Waals surface area (Å²) >= 11 is 0. The van der Waals surface area contributed by atoms with E-state index in [1.165, 1.54) is 19.1 Å². The molecule has 12 heteroatoms. The quantitative estimate of drug-likeness (QED) is 0.450. The number of benzene rings is 1. The minimum absolute atomic E-state index is 0.0482. The fourth-order valence-electron chi connectivity index (χ4n) is 5.22. The van der Waals surface area contributed by atoms with Crippen molar-refractivity contribution < 1.29 is 32.3 Å². The third kappa shape index (κ3) is 7.41. The van der Waals surface area contributed by atoms with Crippen LogP contribution in [0.25, 0.3) is 17.0 Å². The molecule has 1 aromatic heterocycles. The van der Waals surface area contributed by atoms with E-state index in [1.54, 1.807) is 44.2 Å². The molecule has 4 atom stereocenters. The molecular weight excluding hydrogens is 563 g/mol. The molecule has 2 aromatic rings. The number of nitrogens with one attached hydrogen (secondary N) is 3. The minimum Gasteiger partial charge on any atom is -0.344 e. The third-order valence-electron chi connectivity index (χ3n) is 8.10. The molecule has 0 spiro atoms. The third-order valence-corrected chi connectivity index (χ3v) is 8.10. The Bertz CT molecular complexity index is 1440. The van der Waals surface area contributed by atoms with Crippen LogP contribution in [0.3, 0.4) is 0 Å². The van der Waals surface area contributed by atoms with E-state index < -0.39 is 53.4 Å². The van der Waals surface area contributed by atoms with E-state index in [2.05, 4.69) is 21.0 Å². The molecule has 0 aliphatic carbocycles. The van der Waals surface area contributed by atoms with Gasteiger partial charge in [-0.1, -0.05) is 44.2 Å². The highest BCUT2D eigenvalue weighted by Gasteiger charge is 2.44. The van der Waals surface area contributed by atoms with E-state index >= 15 is 0 Å². The zero-order valence-electron chi connectivity index (χ0n) is 24.9. The number of hydrogen-bond donors (Lipinski definition) is 3. The number of hydrogen-bond acceptors (Lipinski definition) is 6. The zero-order valence-corrected chi connectivity index (χ0v) is 24.9. The summed E-state index contributed by atoms with van der Waals surface area (Å²) in [6.07, 6.45) is -0.937. The van der Waals surface area contributed by atoms with Crippen LogP contribution in [-0.2, 0) is 19.2 Å². The molecule has 0 unspecified atom stereocenters. The Morgan fingerprint density at radius 3 is 2.40 bits per heavy atom. The fourth-order valence-corrected chi connectivity index (χ4v) is 5.22. The van der Waals surface area contributed by atoms with Gasteiger partial charge in [-0.05, 0) is 57.2 Å². The van der Waals surface area contributed by atoms with Gasteiger partial charge in [0.05, 0.1) is 11.2 Å². The fraction of sp³-hybridized carbons (Fsp3) is 0.516. The van der Waals surface area contributed by atoms with Gasteiger partial charge in [0.25, 0.3) is 5.91 Å². The maximum absolute atomic E-state index is 14.2. The first-order valence-corrected chi connectivity index (χ1v) is 14.4. The highest BCUT2D eigenvalue weighted by molar-refractivity contribution is 5.94. The molecule has 3 heterocycles. The second-order valence-corrected chi connectivity index (χ2v) is 12.2. The van der Waals surface area contributed by atoms with E-state index in [4.69, 9.17) is 0 Å². The summed E-state index contributed by atoms with van der Waals surface area (Å²) in [5.41, 5.74) is 2.30. The molecule has 1 saturated heterocycles. The lowest BCUT2D eigenvalue weighted by atomic mass is 9.79. The summed E-state index contributed by atoms with van der Waals surface area (Å²) in [6, 6.07) is 3.34. The van der Waals surface area contributed by atoms with Crippen molar-refractivity contribution in [2.24, 2.45) is 17.3 Å². The molecule has 232 valence electrons. The summed E-state index contributed by atoms with van der Waals surface area (Å²) in [4.78, 5) is 57.2. The van der Waals surface area contributed by atoms with Gasteiger partial charge < -0.3 is 10.6 Å². The first-order chi connectivity index (χ1) is 20.1. The second-order valence-electron chi connectivity index (χ2n) is 12.2. The summed E-state index contributed by atoms with van der Waals surface area (Å²) in [5, 5.41) is 6.53. The number of hydrazine groups is 1. The average Bonchev–Trinajstić information content (AvgIpc) is 2.95. The van der Waals surface area contributed by atoms with Gasteiger partial charge in [-0.15, -0.1) is 0 Å². The van der Waals surface area contributed by atoms with Gasteiger partial charge >= 0.3 is 6.18 Å². The summed E-state index contributed by atoms with van der Waals surface area (Å²) in [6.45, 7) is 8.81. The van der Waals surface area contributed by atoms with E-state index in [9.17, 15) is 32.3 Å². The van der Waals surface area contributed by atoms with Crippen molar-refractivity contribution >= 4 is 40.5 Å². The molecule has 2 aliphatic rings. The van der Waals surface area contributed by atoms with Crippen LogP contribution in [0, 0.1) is 17.3 Å². The number of alkyl halides is 3. The Kier molecular flexibility index (Phi) is 9.29. The van der Waals surface area contributed by atoms with E-state index in [0.29, 0.717) is 17.4 Å². The van der Waals surface area contributed by atoms with Crippen molar-refractivity contribution in [3.05, 3.63) is 47.7 Å². The summed E-state index contributed by atoms with van der Waals surface area (Å²) < 4.78 is 42.7. The molecule has 4 rings (SSSR count). The minimum atomic E-state index is -4.84. The number of nitrogens with zero attached hydrogens (tertiary/aromatic N) is 2. The van der Waals surface area contributed by atoms with Crippen molar-refractivity contribution in [3.63, 3.8) is 0 Å². The lowest BCUT2D eigenvalue weighted by Crippen LogP contribution is -2.61. The Morgan fingerprint density at radius 1 is 1.02 bits per heavy atom. The lowest BCUT2D eigenvalue weighted by Gasteiger charge is -2.35. The van der Waals surface area contributed by atoms with Crippen LogP contribution >= 0.6 is 0 Å². The second kappa shape index (κ2) is 12.4. The van der Waals surface area contributed by atoms with Crippen LogP contribution in [0.1, 0.15) is 71.2 Å². The number of fused-ring (bicyclic) bond motifs is 4. The molecule has 2 aliphatic heterocycles. The number of allylic oxidation sites excluding steroid dienone is 1. The molecule has 1 aromatic carbocycles.